The van der Waals surface area contributed by atoms with E-state index < -0.39 is 0 Å². The minimum absolute atomic E-state index is 0.278. The number of benzene rings is 2. The standard InChI is InChI=1S/C20H18FNO/c1-14(2)18-8-3-4-9-19(18)22-13-17-10-11-20(23-17)15-6-5-7-16(21)12-15/h3-14H,1-2H3. The molecule has 3 aromatic rings. The van der Waals surface area contributed by atoms with E-state index in [9.17, 15) is 4.39 Å². The second-order valence-electron chi connectivity index (χ2n) is 5.68. The van der Waals surface area contributed by atoms with Crippen molar-refractivity contribution in [1.82, 2.24) is 0 Å². The number of aliphatic imine (C=N–C) groups is 1. The molecule has 0 N–H and O–H groups in total. The second-order valence-corrected chi connectivity index (χ2v) is 5.68. The first-order valence-corrected chi connectivity index (χ1v) is 7.62. The maximum atomic E-state index is 13.3. The Bertz CT molecular complexity index is 833. The van der Waals surface area contributed by atoms with Crippen LogP contribution in [0.5, 0.6) is 0 Å². The Balaban J connectivity index is 1.85. The number of hydrogen-bond donors (Lipinski definition) is 0. The fourth-order valence-electron chi connectivity index (χ4n) is 2.45. The molecule has 0 fully saturated rings. The molecule has 0 atom stereocenters. The molecule has 116 valence electrons. The monoisotopic (exact) mass is 307 g/mol. The number of hydrogen-bond acceptors (Lipinski definition) is 2. The van der Waals surface area contributed by atoms with E-state index in [1.165, 1.54) is 17.7 Å². The van der Waals surface area contributed by atoms with Gasteiger partial charge in [-0.2, -0.15) is 0 Å². The van der Waals surface area contributed by atoms with E-state index in [0.29, 0.717) is 23.0 Å². The molecule has 2 nitrogen and oxygen atoms in total. The largest absolute Gasteiger partial charge is 0.455 e. The van der Waals surface area contributed by atoms with Crippen LogP contribution in [0.3, 0.4) is 0 Å². The van der Waals surface area contributed by atoms with E-state index in [0.717, 1.165) is 5.69 Å². The number of halogens is 1. The van der Waals surface area contributed by atoms with Gasteiger partial charge in [0.2, 0.25) is 0 Å². The summed E-state index contributed by atoms with van der Waals surface area (Å²) in [5, 5.41) is 0. The Labute approximate surface area is 135 Å². The third-order valence-electron chi connectivity index (χ3n) is 3.63. The number of nitrogens with zero attached hydrogens (tertiary/aromatic N) is 1. The van der Waals surface area contributed by atoms with Crippen molar-refractivity contribution in [3.63, 3.8) is 0 Å². The van der Waals surface area contributed by atoms with E-state index in [1.54, 1.807) is 12.3 Å². The third-order valence-corrected chi connectivity index (χ3v) is 3.63. The molecule has 0 bridgehead atoms. The van der Waals surface area contributed by atoms with Gasteiger partial charge in [0.05, 0.1) is 11.9 Å². The Morgan fingerprint density at radius 2 is 1.83 bits per heavy atom. The van der Waals surface area contributed by atoms with Crippen molar-refractivity contribution in [3.8, 4) is 11.3 Å². The lowest BCUT2D eigenvalue weighted by Crippen LogP contribution is -1.87. The summed E-state index contributed by atoms with van der Waals surface area (Å²) in [6.45, 7) is 4.28. The first-order chi connectivity index (χ1) is 11.1. The molecule has 1 heterocycles. The summed E-state index contributed by atoms with van der Waals surface area (Å²) in [6.07, 6.45) is 1.70. The first kappa shape index (κ1) is 15.2. The Kier molecular flexibility index (Phi) is 4.38. The minimum Gasteiger partial charge on any atom is -0.455 e. The van der Waals surface area contributed by atoms with Crippen molar-refractivity contribution in [3.05, 3.63) is 77.8 Å². The molecule has 0 spiro atoms. The molecule has 0 aliphatic heterocycles. The Hall–Kier alpha value is -2.68. The fraction of sp³-hybridized carbons (Fsp3) is 0.150. The predicted octanol–water partition coefficient (Wildman–Crippen LogP) is 5.96. The summed E-state index contributed by atoms with van der Waals surface area (Å²) < 4.78 is 19.0. The third kappa shape index (κ3) is 3.57. The maximum absolute atomic E-state index is 13.3. The van der Waals surface area contributed by atoms with Crippen molar-refractivity contribution >= 4 is 11.9 Å². The highest BCUT2D eigenvalue weighted by atomic mass is 19.1. The second kappa shape index (κ2) is 6.61. The van der Waals surface area contributed by atoms with Gasteiger partial charge in [-0.1, -0.05) is 44.2 Å². The molecule has 0 saturated heterocycles. The zero-order valence-electron chi connectivity index (χ0n) is 13.2. The van der Waals surface area contributed by atoms with Crippen LogP contribution in [-0.4, -0.2) is 6.21 Å². The quantitative estimate of drug-likeness (QED) is 0.546. The van der Waals surface area contributed by atoms with Crippen LogP contribution in [0.15, 0.2) is 70.1 Å². The van der Waals surface area contributed by atoms with E-state index in [4.69, 9.17) is 4.42 Å². The highest BCUT2D eigenvalue weighted by Gasteiger charge is 2.06. The summed E-state index contributed by atoms with van der Waals surface area (Å²) in [6, 6.07) is 18.1. The van der Waals surface area contributed by atoms with Crippen LogP contribution in [0.4, 0.5) is 10.1 Å². The maximum Gasteiger partial charge on any atom is 0.145 e. The summed E-state index contributed by atoms with van der Waals surface area (Å²) in [5.41, 5.74) is 2.85. The molecule has 2 aromatic carbocycles. The normalized spacial score (nSPS) is 11.5. The van der Waals surface area contributed by atoms with Crippen molar-refractivity contribution in [2.24, 2.45) is 4.99 Å². The fourth-order valence-corrected chi connectivity index (χ4v) is 2.45. The average Bonchev–Trinajstić information content (AvgIpc) is 3.02. The van der Waals surface area contributed by atoms with Gasteiger partial charge in [0, 0.05) is 5.56 Å². The van der Waals surface area contributed by atoms with Crippen molar-refractivity contribution in [1.29, 1.82) is 0 Å². The van der Waals surface area contributed by atoms with Crippen LogP contribution < -0.4 is 0 Å². The molecule has 23 heavy (non-hydrogen) atoms. The minimum atomic E-state index is -0.278. The Morgan fingerprint density at radius 1 is 1.00 bits per heavy atom. The molecule has 0 amide bonds. The molecule has 1 aromatic heterocycles. The number of furan rings is 1. The van der Waals surface area contributed by atoms with Crippen molar-refractivity contribution in [2.75, 3.05) is 0 Å². The molecule has 0 aliphatic rings. The van der Waals surface area contributed by atoms with Gasteiger partial charge in [-0.15, -0.1) is 0 Å². The molecule has 0 aliphatic carbocycles. The highest BCUT2D eigenvalue weighted by molar-refractivity contribution is 5.80. The van der Waals surface area contributed by atoms with Gasteiger partial charge in [0.15, 0.2) is 0 Å². The lowest BCUT2D eigenvalue weighted by molar-refractivity contribution is 0.573. The highest BCUT2D eigenvalue weighted by Crippen LogP contribution is 2.27. The molecule has 3 rings (SSSR count). The van der Waals surface area contributed by atoms with Gasteiger partial charge in [-0.05, 0) is 41.8 Å². The van der Waals surface area contributed by atoms with Crippen LogP contribution in [-0.2, 0) is 0 Å². The average molecular weight is 307 g/mol. The van der Waals surface area contributed by atoms with Gasteiger partial charge < -0.3 is 4.42 Å². The van der Waals surface area contributed by atoms with Gasteiger partial charge in [0.25, 0.3) is 0 Å². The van der Waals surface area contributed by atoms with Crippen molar-refractivity contribution < 1.29 is 8.81 Å². The summed E-state index contributed by atoms with van der Waals surface area (Å²) in [4.78, 5) is 4.53. The first-order valence-electron chi connectivity index (χ1n) is 7.62. The molecule has 3 heteroatoms. The van der Waals surface area contributed by atoms with E-state index >= 15 is 0 Å². The summed E-state index contributed by atoms with van der Waals surface area (Å²) in [7, 11) is 0. The lowest BCUT2D eigenvalue weighted by Gasteiger charge is -2.07. The Morgan fingerprint density at radius 3 is 2.61 bits per heavy atom. The zero-order chi connectivity index (χ0) is 16.2. The van der Waals surface area contributed by atoms with Crippen LogP contribution in [0, 0.1) is 5.82 Å². The molecule has 0 unspecified atom stereocenters. The molecule has 0 saturated carbocycles. The van der Waals surface area contributed by atoms with Gasteiger partial charge in [0.1, 0.15) is 17.3 Å². The molecule has 0 radical (unpaired) electrons. The molecular formula is C20H18FNO. The number of rotatable bonds is 4. The van der Waals surface area contributed by atoms with Crippen molar-refractivity contribution in [2.45, 2.75) is 19.8 Å². The van der Waals surface area contributed by atoms with E-state index in [1.807, 2.05) is 36.4 Å². The summed E-state index contributed by atoms with van der Waals surface area (Å²) in [5.74, 6) is 1.40. The topological polar surface area (TPSA) is 25.5 Å². The van der Waals surface area contributed by atoms with Crippen LogP contribution in [0.2, 0.25) is 0 Å². The lowest BCUT2D eigenvalue weighted by atomic mass is 10.0. The number of para-hydroxylation sites is 1. The van der Waals surface area contributed by atoms with Crippen LogP contribution in [0.25, 0.3) is 11.3 Å². The summed E-state index contributed by atoms with van der Waals surface area (Å²) >= 11 is 0. The van der Waals surface area contributed by atoms with Crippen LogP contribution in [0.1, 0.15) is 31.1 Å². The van der Waals surface area contributed by atoms with E-state index in [2.05, 4.69) is 24.9 Å². The smallest absolute Gasteiger partial charge is 0.145 e. The molecular weight excluding hydrogens is 289 g/mol. The predicted molar refractivity (Wildman–Crippen MR) is 91.9 cm³/mol. The van der Waals surface area contributed by atoms with E-state index in [-0.39, 0.29) is 5.82 Å². The van der Waals surface area contributed by atoms with Crippen LogP contribution >= 0.6 is 0 Å². The zero-order valence-corrected chi connectivity index (χ0v) is 13.2. The van der Waals surface area contributed by atoms with Gasteiger partial charge >= 0.3 is 0 Å². The van der Waals surface area contributed by atoms with Gasteiger partial charge in [-0.3, -0.25) is 4.99 Å². The van der Waals surface area contributed by atoms with Gasteiger partial charge in [-0.25, -0.2) is 4.39 Å². The SMILES string of the molecule is CC(C)c1ccccc1N=Cc1ccc(-c2cccc(F)c2)o1.